The third kappa shape index (κ3) is 3.91. The summed E-state index contributed by atoms with van der Waals surface area (Å²) < 4.78 is 0. The minimum Gasteiger partial charge on any atom is -0.390 e. The molecule has 0 radical (unpaired) electrons. The Morgan fingerprint density at radius 3 is 2.16 bits per heavy atom. The minimum absolute atomic E-state index is 0.249. The zero-order valence-corrected chi connectivity index (χ0v) is 11.4. The number of aliphatic hydroxyl groups excluding tert-OH is 1. The van der Waals surface area contributed by atoms with Crippen LogP contribution in [-0.4, -0.2) is 17.8 Å². The Balaban J connectivity index is 1.99. The van der Waals surface area contributed by atoms with Crippen molar-refractivity contribution in [3.63, 3.8) is 0 Å². The second kappa shape index (κ2) is 7.07. The molecule has 0 spiro atoms. The molecular weight excluding hydrogens is 234 g/mol. The van der Waals surface area contributed by atoms with E-state index < -0.39 is 0 Å². The maximum atomic E-state index is 9.17. The van der Waals surface area contributed by atoms with Gasteiger partial charge in [-0.3, -0.25) is 0 Å². The predicted octanol–water partition coefficient (Wildman–Crippen LogP) is 2.19. The molecule has 0 saturated carbocycles. The summed E-state index contributed by atoms with van der Waals surface area (Å²) in [7, 11) is 0. The summed E-state index contributed by atoms with van der Waals surface area (Å²) in [5.41, 5.74) is 3.80. The summed E-state index contributed by atoms with van der Waals surface area (Å²) in [5.74, 6) is 0. The van der Waals surface area contributed by atoms with Crippen molar-refractivity contribution in [2.75, 3.05) is 6.61 Å². The Morgan fingerprint density at radius 2 is 1.58 bits per heavy atom. The predicted molar refractivity (Wildman–Crippen MR) is 78.7 cm³/mol. The highest BCUT2D eigenvalue weighted by Crippen LogP contribution is 2.18. The Hall–Kier alpha value is -1.64. The fraction of sp³-hybridized carbons (Fsp3) is 0.294. The van der Waals surface area contributed by atoms with E-state index in [1.165, 1.54) is 16.7 Å². The Bertz CT molecular complexity index is 474. The van der Waals surface area contributed by atoms with Crippen LogP contribution in [0.2, 0.25) is 0 Å². The molecule has 3 N–H and O–H groups in total. The smallest absolute Gasteiger partial charge is 0.109 e. The summed E-state index contributed by atoms with van der Waals surface area (Å²) >= 11 is 0. The fourth-order valence-corrected chi connectivity index (χ4v) is 2.14. The first-order valence-electron chi connectivity index (χ1n) is 6.92. The first kappa shape index (κ1) is 13.8. The SMILES string of the molecule is CC[C@@H](CO)[NH2+]Cc1ccc(-c2ccccc2)cc1. The van der Waals surface area contributed by atoms with Crippen LogP contribution < -0.4 is 5.32 Å². The molecule has 0 amide bonds. The van der Waals surface area contributed by atoms with Gasteiger partial charge in [-0.05, 0) is 17.5 Å². The van der Waals surface area contributed by atoms with Crippen molar-refractivity contribution in [3.05, 3.63) is 60.2 Å². The number of aliphatic hydroxyl groups is 1. The number of hydrogen-bond acceptors (Lipinski definition) is 1. The normalized spacial score (nSPS) is 12.3. The molecule has 2 nitrogen and oxygen atoms in total. The van der Waals surface area contributed by atoms with Crippen LogP contribution in [0.25, 0.3) is 11.1 Å². The molecule has 2 aromatic carbocycles. The zero-order chi connectivity index (χ0) is 13.5. The molecule has 19 heavy (non-hydrogen) atoms. The van der Waals surface area contributed by atoms with Crippen LogP contribution in [0.3, 0.4) is 0 Å². The Labute approximate surface area is 115 Å². The van der Waals surface area contributed by atoms with Gasteiger partial charge in [-0.2, -0.15) is 0 Å². The second-order valence-electron chi connectivity index (χ2n) is 4.85. The van der Waals surface area contributed by atoms with Gasteiger partial charge in [0.15, 0.2) is 0 Å². The molecule has 0 aliphatic rings. The monoisotopic (exact) mass is 256 g/mol. The van der Waals surface area contributed by atoms with E-state index in [-0.39, 0.29) is 6.61 Å². The highest BCUT2D eigenvalue weighted by Gasteiger charge is 2.07. The second-order valence-corrected chi connectivity index (χ2v) is 4.85. The molecule has 0 bridgehead atoms. The summed E-state index contributed by atoms with van der Waals surface area (Å²) in [4.78, 5) is 0. The van der Waals surface area contributed by atoms with Crippen LogP contribution >= 0.6 is 0 Å². The summed E-state index contributed by atoms with van der Waals surface area (Å²) in [6, 6.07) is 19.4. The van der Waals surface area contributed by atoms with E-state index in [4.69, 9.17) is 5.11 Å². The van der Waals surface area contributed by atoms with Gasteiger partial charge in [0.2, 0.25) is 0 Å². The number of hydrogen-bond donors (Lipinski definition) is 2. The Morgan fingerprint density at radius 1 is 0.947 bits per heavy atom. The number of quaternary nitrogens is 1. The molecule has 0 aliphatic heterocycles. The number of nitrogens with two attached hydrogens (primary N) is 1. The topological polar surface area (TPSA) is 36.8 Å². The standard InChI is InChI=1S/C17H21NO/c1-2-17(13-19)18-12-14-8-10-16(11-9-14)15-6-4-3-5-7-15/h3-11,17-19H,2,12-13H2,1H3/p+1/t17-/m0/s1. The largest absolute Gasteiger partial charge is 0.390 e. The maximum absolute atomic E-state index is 9.17. The van der Waals surface area contributed by atoms with Gasteiger partial charge in [-0.15, -0.1) is 0 Å². The van der Waals surface area contributed by atoms with E-state index in [2.05, 4.69) is 60.8 Å². The first-order chi connectivity index (χ1) is 9.33. The van der Waals surface area contributed by atoms with E-state index in [0.717, 1.165) is 13.0 Å². The molecule has 0 saturated heterocycles. The third-order valence-corrected chi connectivity index (χ3v) is 3.51. The molecule has 0 aliphatic carbocycles. The molecule has 0 heterocycles. The lowest BCUT2D eigenvalue weighted by atomic mass is 10.0. The van der Waals surface area contributed by atoms with Crippen LogP contribution in [0.1, 0.15) is 18.9 Å². The van der Waals surface area contributed by atoms with Gasteiger partial charge in [-0.25, -0.2) is 0 Å². The molecule has 1 atom stereocenters. The van der Waals surface area contributed by atoms with Crippen molar-refractivity contribution < 1.29 is 10.4 Å². The van der Waals surface area contributed by atoms with Crippen molar-refractivity contribution in [1.29, 1.82) is 0 Å². The van der Waals surface area contributed by atoms with E-state index in [0.29, 0.717) is 6.04 Å². The van der Waals surface area contributed by atoms with Crippen LogP contribution in [0.15, 0.2) is 54.6 Å². The van der Waals surface area contributed by atoms with Crippen LogP contribution in [0.5, 0.6) is 0 Å². The van der Waals surface area contributed by atoms with Crippen LogP contribution in [0, 0.1) is 0 Å². The van der Waals surface area contributed by atoms with Crippen molar-refractivity contribution >= 4 is 0 Å². The van der Waals surface area contributed by atoms with Gasteiger partial charge < -0.3 is 10.4 Å². The molecule has 2 heteroatoms. The molecule has 2 aromatic rings. The van der Waals surface area contributed by atoms with Gasteiger partial charge in [0, 0.05) is 5.56 Å². The summed E-state index contributed by atoms with van der Waals surface area (Å²) in [5, 5.41) is 11.4. The third-order valence-electron chi connectivity index (χ3n) is 3.51. The van der Waals surface area contributed by atoms with E-state index in [1.807, 2.05) is 6.07 Å². The first-order valence-corrected chi connectivity index (χ1v) is 6.92. The van der Waals surface area contributed by atoms with Crippen molar-refractivity contribution in [2.45, 2.75) is 25.9 Å². The van der Waals surface area contributed by atoms with Gasteiger partial charge in [-0.1, -0.05) is 61.5 Å². The summed E-state index contributed by atoms with van der Waals surface area (Å²) in [6.45, 7) is 3.28. The average Bonchev–Trinajstić information content (AvgIpc) is 2.50. The van der Waals surface area contributed by atoms with E-state index in [1.54, 1.807) is 0 Å². The van der Waals surface area contributed by atoms with Crippen molar-refractivity contribution in [1.82, 2.24) is 0 Å². The molecule has 2 rings (SSSR count). The van der Waals surface area contributed by atoms with Gasteiger partial charge >= 0.3 is 0 Å². The zero-order valence-electron chi connectivity index (χ0n) is 11.4. The maximum Gasteiger partial charge on any atom is 0.109 e. The highest BCUT2D eigenvalue weighted by molar-refractivity contribution is 5.63. The lowest BCUT2D eigenvalue weighted by Crippen LogP contribution is -2.89. The van der Waals surface area contributed by atoms with E-state index in [9.17, 15) is 0 Å². The number of benzene rings is 2. The lowest BCUT2D eigenvalue weighted by Gasteiger charge is -2.10. The highest BCUT2D eigenvalue weighted by atomic mass is 16.3. The minimum atomic E-state index is 0.249. The molecule has 0 fully saturated rings. The fourth-order valence-electron chi connectivity index (χ4n) is 2.14. The van der Waals surface area contributed by atoms with Crippen molar-refractivity contribution in [3.8, 4) is 11.1 Å². The average molecular weight is 256 g/mol. The molecule has 0 unspecified atom stereocenters. The number of rotatable bonds is 6. The summed E-state index contributed by atoms with van der Waals surface area (Å²) in [6.07, 6.45) is 0.999. The molecular formula is C17H22NO+. The van der Waals surface area contributed by atoms with Crippen LogP contribution in [-0.2, 0) is 6.54 Å². The van der Waals surface area contributed by atoms with Crippen molar-refractivity contribution in [2.24, 2.45) is 0 Å². The molecule has 0 aromatic heterocycles. The molecule has 100 valence electrons. The van der Waals surface area contributed by atoms with Gasteiger partial charge in [0.05, 0.1) is 6.61 Å². The quantitative estimate of drug-likeness (QED) is 0.816. The van der Waals surface area contributed by atoms with Gasteiger partial charge in [0.1, 0.15) is 12.6 Å². The van der Waals surface area contributed by atoms with Gasteiger partial charge in [0.25, 0.3) is 0 Å². The Kier molecular flexibility index (Phi) is 5.13. The lowest BCUT2D eigenvalue weighted by molar-refractivity contribution is -0.706. The van der Waals surface area contributed by atoms with E-state index >= 15 is 0 Å². The van der Waals surface area contributed by atoms with Crippen LogP contribution in [0.4, 0.5) is 0 Å².